The highest BCUT2D eigenvalue weighted by Gasteiger charge is 2.19. The Morgan fingerprint density at radius 1 is 0.368 bits per heavy atom. The van der Waals surface area contributed by atoms with Gasteiger partial charge in [-0.1, -0.05) is 179 Å². The Hall–Kier alpha value is -2.63. The van der Waals surface area contributed by atoms with Crippen LogP contribution in [-0.4, -0.2) is 37.2 Å². The first-order valence-corrected chi connectivity index (χ1v) is 24.1. The summed E-state index contributed by atoms with van der Waals surface area (Å²) in [6.07, 6.45) is 53.8. The summed E-state index contributed by atoms with van der Waals surface area (Å²) in [5, 5.41) is 0. The largest absolute Gasteiger partial charge is 0.462 e. The van der Waals surface area contributed by atoms with Crippen molar-refractivity contribution in [3.05, 3.63) is 48.6 Å². The maximum Gasteiger partial charge on any atom is 0.306 e. The van der Waals surface area contributed by atoms with Gasteiger partial charge >= 0.3 is 17.9 Å². The maximum absolute atomic E-state index is 12.7. The van der Waals surface area contributed by atoms with Crippen LogP contribution in [0, 0.1) is 0 Å². The third kappa shape index (κ3) is 44.3. The molecule has 0 bridgehead atoms. The van der Waals surface area contributed by atoms with Gasteiger partial charge < -0.3 is 14.2 Å². The Bertz CT molecular complexity index is 1010. The first kappa shape index (κ1) is 54.4. The summed E-state index contributed by atoms with van der Waals surface area (Å²) < 4.78 is 16.7. The van der Waals surface area contributed by atoms with Gasteiger partial charge in [0.05, 0.1) is 0 Å². The molecule has 0 radical (unpaired) electrons. The molecule has 0 aromatic carbocycles. The standard InChI is InChI=1S/C51H90O6/c1-4-7-10-13-16-19-22-24-25-26-27-30-32-35-38-41-44-50(53)56-47-48(46-55-49(52)43-40-37-34-31-28-21-18-15-12-9-6-3)57-51(54)45-42-39-36-33-29-23-20-17-14-11-8-5-2/h8,11,15,17-18,20,25-26,48H,4-7,9-10,12-14,16,19,21-24,27-47H2,1-3H3/b11-8-,18-15-,20-17-,26-25-. The SMILES string of the molecule is CC/C=C\C/C=C\CCCCCCCC(=O)OC(COC(=O)CCCCCCC/C=C\CCCC)COC(=O)CCCCCCC/C=C\CCCCCCCCC. The molecule has 1 unspecified atom stereocenters. The van der Waals surface area contributed by atoms with Crippen molar-refractivity contribution in [1.29, 1.82) is 0 Å². The van der Waals surface area contributed by atoms with Crippen molar-refractivity contribution < 1.29 is 28.6 Å². The van der Waals surface area contributed by atoms with Crippen molar-refractivity contribution in [2.75, 3.05) is 13.2 Å². The number of hydrogen-bond donors (Lipinski definition) is 0. The van der Waals surface area contributed by atoms with Crippen LogP contribution in [0.2, 0.25) is 0 Å². The lowest BCUT2D eigenvalue weighted by Crippen LogP contribution is -2.30. The van der Waals surface area contributed by atoms with Gasteiger partial charge in [-0.25, -0.2) is 0 Å². The van der Waals surface area contributed by atoms with Crippen LogP contribution in [0.5, 0.6) is 0 Å². The normalized spacial score (nSPS) is 12.4. The van der Waals surface area contributed by atoms with E-state index in [1.807, 2.05) is 0 Å². The summed E-state index contributed by atoms with van der Waals surface area (Å²) in [4.78, 5) is 37.8. The van der Waals surface area contributed by atoms with E-state index in [9.17, 15) is 14.4 Å². The van der Waals surface area contributed by atoms with Gasteiger partial charge in [0.15, 0.2) is 6.10 Å². The average Bonchev–Trinajstić information content (AvgIpc) is 3.21. The lowest BCUT2D eigenvalue weighted by Gasteiger charge is -2.18. The molecule has 0 amide bonds. The van der Waals surface area contributed by atoms with Crippen LogP contribution < -0.4 is 0 Å². The molecule has 0 heterocycles. The van der Waals surface area contributed by atoms with E-state index in [-0.39, 0.29) is 31.1 Å². The van der Waals surface area contributed by atoms with Crippen LogP contribution in [0.3, 0.4) is 0 Å². The molecule has 0 rings (SSSR count). The van der Waals surface area contributed by atoms with Crippen molar-refractivity contribution in [3.63, 3.8) is 0 Å². The second-order valence-electron chi connectivity index (χ2n) is 16.0. The van der Waals surface area contributed by atoms with Crippen LogP contribution >= 0.6 is 0 Å². The number of rotatable bonds is 43. The van der Waals surface area contributed by atoms with Crippen LogP contribution in [0.1, 0.15) is 239 Å². The Kier molecular flexibility index (Phi) is 43.9. The predicted octanol–water partition coefficient (Wildman–Crippen LogP) is 15.5. The predicted molar refractivity (Wildman–Crippen MR) is 242 cm³/mol. The fourth-order valence-corrected chi connectivity index (χ4v) is 6.63. The number of unbranched alkanes of at least 4 members (excludes halogenated alkanes) is 24. The second-order valence-corrected chi connectivity index (χ2v) is 16.0. The molecule has 0 N–H and O–H groups in total. The zero-order valence-corrected chi connectivity index (χ0v) is 37.6. The minimum atomic E-state index is -0.784. The second kappa shape index (κ2) is 46.1. The minimum absolute atomic E-state index is 0.0856. The molecule has 57 heavy (non-hydrogen) atoms. The number of hydrogen-bond acceptors (Lipinski definition) is 6. The quantitative estimate of drug-likeness (QED) is 0.0265. The van der Waals surface area contributed by atoms with E-state index in [2.05, 4.69) is 69.4 Å². The van der Waals surface area contributed by atoms with Gasteiger partial charge in [0.25, 0.3) is 0 Å². The summed E-state index contributed by atoms with van der Waals surface area (Å²) in [5.41, 5.74) is 0. The highest BCUT2D eigenvalue weighted by Crippen LogP contribution is 2.14. The van der Waals surface area contributed by atoms with Gasteiger partial charge in [0, 0.05) is 19.3 Å². The summed E-state index contributed by atoms with van der Waals surface area (Å²) in [6.45, 7) is 6.46. The number of ether oxygens (including phenoxy) is 3. The van der Waals surface area contributed by atoms with E-state index < -0.39 is 6.10 Å². The lowest BCUT2D eigenvalue weighted by atomic mass is 10.1. The fourth-order valence-electron chi connectivity index (χ4n) is 6.63. The monoisotopic (exact) mass is 799 g/mol. The van der Waals surface area contributed by atoms with Crippen LogP contribution in [0.15, 0.2) is 48.6 Å². The van der Waals surface area contributed by atoms with E-state index in [1.54, 1.807) is 0 Å². The van der Waals surface area contributed by atoms with Crippen molar-refractivity contribution in [3.8, 4) is 0 Å². The van der Waals surface area contributed by atoms with Crippen LogP contribution in [0.4, 0.5) is 0 Å². The molecule has 330 valence electrons. The Morgan fingerprint density at radius 2 is 0.702 bits per heavy atom. The molecule has 0 spiro atoms. The number of carbonyl (C=O) groups is 3. The summed E-state index contributed by atoms with van der Waals surface area (Å²) in [7, 11) is 0. The minimum Gasteiger partial charge on any atom is -0.462 e. The highest BCUT2D eigenvalue weighted by molar-refractivity contribution is 5.71. The van der Waals surface area contributed by atoms with Crippen molar-refractivity contribution in [1.82, 2.24) is 0 Å². The number of carbonyl (C=O) groups excluding carboxylic acids is 3. The molecule has 6 heteroatoms. The molecule has 0 aromatic rings. The highest BCUT2D eigenvalue weighted by atomic mass is 16.6. The van der Waals surface area contributed by atoms with Gasteiger partial charge in [-0.2, -0.15) is 0 Å². The van der Waals surface area contributed by atoms with Crippen LogP contribution in [0.25, 0.3) is 0 Å². The first-order valence-electron chi connectivity index (χ1n) is 24.1. The van der Waals surface area contributed by atoms with E-state index in [1.165, 1.54) is 96.3 Å². The molecular weight excluding hydrogens is 709 g/mol. The van der Waals surface area contributed by atoms with E-state index >= 15 is 0 Å². The molecule has 0 saturated heterocycles. The zero-order chi connectivity index (χ0) is 41.5. The lowest BCUT2D eigenvalue weighted by molar-refractivity contribution is -0.167. The molecule has 6 nitrogen and oxygen atoms in total. The van der Waals surface area contributed by atoms with Crippen molar-refractivity contribution in [2.45, 2.75) is 245 Å². The molecule has 0 saturated carbocycles. The maximum atomic E-state index is 12.7. The molecule has 1 atom stereocenters. The van der Waals surface area contributed by atoms with Gasteiger partial charge in [-0.3, -0.25) is 14.4 Å². The van der Waals surface area contributed by atoms with Crippen molar-refractivity contribution >= 4 is 17.9 Å². The van der Waals surface area contributed by atoms with Gasteiger partial charge in [0.2, 0.25) is 0 Å². The van der Waals surface area contributed by atoms with E-state index in [0.717, 1.165) is 103 Å². The van der Waals surface area contributed by atoms with E-state index in [4.69, 9.17) is 14.2 Å². The Balaban J connectivity index is 4.38. The first-order chi connectivity index (χ1) is 28.0. The van der Waals surface area contributed by atoms with E-state index in [0.29, 0.717) is 19.3 Å². The van der Waals surface area contributed by atoms with Gasteiger partial charge in [0.1, 0.15) is 13.2 Å². The van der Waals surface area contributed by atoms with Gasteiger partial charge in [-0.15, -0.1) is 0 Å². The third-order valence-electron chi connectivity index (χ3n) is 10.3. The summed E-state index contributed by atoms with van der Waals surface area (Å²) >= 11 is 0. The van der Waals surface area contributed by atoms with Gasteiger partial charge in [-0.05, 0) is 89.9 Å². The van der Waals surface area contributed by atoms with Crippen LogP contribution in [-0.2, 0) is 28.6 Å². The Labute approximate surface area is 352 Å². The zero-order valence-electron chi connectivity index (χ0n) is 37.6. The molecular formula is C51H90O6. The van der Waals surface area contributed by atoms with Crippen molar-refractivity contribution in [2.24, 2.45) is 0 Å². The molecule has 0 aliphatic heterocycles. The number of allylic oxidation sites excluding steroid dienone is 8. The topological polar surface area (TPSA) is 78.9 Å². The molecule has 0 aromatic heterocycles. The third-order valence-corrected chi connectivity index (χ3v) is 10.3. The number of esters is 3. The summed E-state index contributed by atoms with van der Waals surface area (Å²) in [6, 6.07) is 0. The molecule has 0 fully saturated rings. The molecule has 0 aliphatic rings. The fraction of sp³-hybridized carbons (Fsp3) is 0.784. The average molecular weight is 799 g/mol. The smallest absolute Gasteiger partial charge is 0.306 e. The summed E-state index contributed by atoms with van der Waals surface area (Å²) in [5.74, 6) is -0.917. The Morgan fingerprint density at radius 3 is 1.12 bits per heavy atom. The molecule has 0 aliphatic carbocycles.